The van der Waals surface area contributed by atoms with Crippen molar-refractivity contribution in [3.63, 3.8) is 0 Å². The molecule has 0 bridgehead atoms. The summed E-state index contributed by atoms with van der Waals surface area (Å²) in [6, 6.07) is 81.5. The van der Waals surface area contributed by atoms with E-state index in [1.165, 1.54) is 76.8 Å². The Labute approximate surface area is 322 Å². The third-order valence-corrected chi connectivity index (χ3v) is 10.8. The lowest BCUT2D eigenvalue weighted by molar-refractivity contribution is 1.28. The Hall–Kier alpha value is -7.22. The summed E-state index contributed by atoms with van der Waals surface area (Å²) in [5.41, 5.74) is 12.8. The second-order valence-corrected chi connectivity index (χ2v) is 14.1. The van der Waals surface area contributed by atoms with Crippen molar-refractivity contribution in [2.45, 2.75) is 0 Å². The maximum absolute atomic E-state index is 2.44. The molecule has 0 radical (unpaired) electrons. The second-order valence-electron chi connectivity index (χ2n) is 14.1. The molecule has 0 fully saturated rings. The summed E-state index contributed by atoms with van der Waals surface area (Å²) in [5.74, 6) is 0. The fraction of sp³-hybridized carbons (Fsp3) is 0. The van der Waals surface area contributed by atoms with E-state index in [4.69, 9.17) is 0 Å². The van der Waals surface area contributed by atoms with Crippen LogP contribution in [0, 0.1) is 0 Å². The summed E-state index contributed by atoms with van der Waals surface area (Å²) in [7, 11) is 0. The third kappa shape index (κ3) is 6.02. The SMILES string of the molecule is c1ccc(-c2ccc(-c3ccccc3)c(N(c3ccc(-c4cc5ccccc5c5ccccc45)cc3)c3cccc(-c4cccc5ccccc45)c3)c2)cc1. The van der Waals surface area contributed by atoms with E-state index in [9.17, 15) is 0 Å². The molecular weight excluding hydrogens is 663 g/mol. The predicted octanol–water partition coefficient (Wildman–Crippen LogP) is 15.3. The highest BCUT2D eigenvalue weighted by Crippen LogP contribution is 2.45. The quantitative estimate of drug-likeness (QED) is 0.150. The molecule has 0 aromatic heterocycles. The second kappa shape index (κ2) is 14.0. The van der Waals surface area contributed by atoms with E-state index in [1.54, 1.807) is 0 Å². The molecule has 0 aliphatic rings. The highest BCUT2D eigenvalue weighted by atomic mass is 15.1. The Morgan fingerprint density at radius 3 is 1.58 bits per heavy atom. The van der Waals surface area contributed by atoms with Gasteiger partial charge < -0.3 is 4.90 Å². The first-order chi connectivity index (χ1) is 27.3. The van der Waals surface area contributed by atoms with Crippen LogP contribution in [0.25, 0.3) is 76.8 Å². The molecule has 1 nitrogen and oxygen atoms in total. The van der Waals surface area contributed by atoms with Crippen molar-refractivity contribution in [3.8, 4) is 44.5 Å². The molecule has 10 aromatic carbocycles. The minimum atomic E-state index is 1.09. The van der Waals surface area contributed by atoms with Crippen molar-refractivity contribution < 1.29 is 0 Å². The lowest BCUT2D eigenvalue weighted by Gasteiger charge is -2.29. The van der Waals surface area contributed by atoms with Crippen LogP contribution in [-0.4, -0.2) is 0 Å². The molecule has 0 N–H and O–H groups in total. The Balaban J connectivity index is 1.19. The molecule has 10 aromatic rings. The Kier molecular flexibility index (Phi) is 8.24. The summed E-state index contributed by atoms with van der Waals surface area (Å²) >= 11 is 0. The fourth-order valence-electron chi connectivity index (χ4n) is 8.19. The topological polar surface area (TPSA) is 3.24 Å². The summed E-state index contributed by atoms with van der Waals surface area (Å²) < 4.78 is 0. The first kappa shape index (κ1) is 32.4. The van der Waals surface area contributed by atoms with Gasteiger partial charge in [0.2, 0.25) is 0 Å². The van der Waals surface area contributed by atoms with Gasteiger partial charge in [0.15, 0.2) is 0 Å². The minimum absolute atomic E-state index is 1.09. The summed E-state index contributed by atoms with van der Waals surface area (Å²) in [6.07, 6.45) is 0. The van der Waals surface area contributed by atoms with Gasteiger partial charge in [0, 0.05) is 16.9 Å². The van der Waals surface area contributed by atoms with Gasteiger partial charge in [-0.1, -0.05) is 188 Å². The van der Waals surface area contributed by atoms with Crippen molar-refractivity contribution in [2.75, 3.05) is 4.90 Å². The van der Waals surface area contributed by atoms with Crippen LogP contribution in [0.15, 0.2) is 224 Å². The molecule has 55 heavy (non-hydrogen) atoms. The monoisotopic (exact) mass is 699 g/mol. The van der Waals surface area contributed by atoms with Crippen LogP contribution in [0.3, 0.4) is 0 Å². The van der Waals surface area contributed by atoms with Gasteiger partial charge in [-0.05, 0) is 108 Å². The zero-order valence-electron chi connectivity index (χ0n) is 30.3. The summed E-state index contributed by atoms with van der Waals surface area (Å²) in [6.45, 7) is 0. The Morgan fingerprint density at radius 2 is 0.800 bits per heavy atom. The minimum Gasteiger partial charge on any atom is -0.310 e. The molecule has 0 saturated heterocycles. The molecule has 10 rings (SSSR count). The number of anilines is 3. The number of benzene rings is 10. The van der Waals surface area contributed by atoms with Gasteiger partial charge in [-0.25, -0.2) is 0 Å². The number of rotatable bonds is 7. The van der Waals surface area contributed by atoms with E-state index < -0.39 is 0 Å². The van der Waals surface area contributed by atoms with Crippen molar-refractivity contribution >= 4 is 49.4 Å². The van der Waals surface area contributed by atoms with Crippen LogP contribution in [-0.2, 0) is 0 Å². The lowest BCUT2D eigenvalue weighted by Crippen LogP contribution is -2.11. The van der Waals surface area contributed by atoms with Crippen LogP contribution < -0.4 is 4.90 Å². The first-order valence-corrected chi connectivity index (χ1v) is 18.9. The van der Waals surface area contributed by atoms with E-state index in [0.29, 0.717) is 0 Å². The fourth-order valence-corrected chi connectivity index (χ4v) is 8.19. The maximum Gasteiger partial charge on any atom is 0.0546 e. The molecule has 1 heteroatoms. The summed E-state index contributed by atoms with van der Waals surface area (Å²) in [5, 5.41) is 7.55. The van der Waals surface area contributed by atoms with E-state index in [-0.39, 0.29) is 0 Å². The van der Waals surface area contributed by atoms with E-state index >= 15 is 0 Å². The average molecular weight is 700 g/mol. The summed E-state index contributed by atoms with van der Waals surface area (Å²) in [4.78, 5) is 2.44. The van der Waals surface area contributed by atoms with E-state index in [2.05, 4.69) is 229 Å². The number of nitrogens with zero attached hydrogens (tertiary/aromatic N) is 1. The third-order valence-electron chi connectivity index (χ3n) is 10.8. The van der Waals surface area contributed by atoms with Crippen molar-refractivity contribution in [2.24, 2.45) is 0 Å². The molecule has 258 valence electrons. The van der Waals surface area contributed by atoms with Crippen LogP contribution in [0.5, 0.6) is 0 Å². The first-order valence-electron chi connectivity index (χ1n) is 18.9. The van der Waals surface area contributed by atoms with Crippen LogP contribution in [0.1, 0.15) is 0 Å². The molecule has 0 spiro atoms. The number of fused-ring (bicyclic) bond motifs is 4. The zero-order valence-corrected chi connectivity index (χ0v) is 30.3. The molecule has 0 aliphatic carbocycles. The van der Waals surface area contributed by atoms with Crippen LogP contribution >= 0.6 is 0 Å². The standard InChI is InChI=1S/C54H37N/c1-3-15-38(16-4-1)42-31-34-50(40-17-5-2-6-18-40)54(37-42)55(46-23-13-22-43(35-46)48-28-14-21-39-19-7-9-24-47(39)48)45-32-29-41(30-33-45)53-36-44-20-8-10-25-49(44)51-26-11-12-27-52(51)53/h1-37H. The highest BCUT2D eigenvalue weighted by molar-refractivity contribution is 6.13. The molecule has 0 atom stereocenters. The number of hydrogen-bond donors (Lipinski definition) is 0. The van der Waals surface area contributed by atoms with E-state index in [1.807, 2.05) is 0 Å². The number of hydrogen-bond acceptors (Lipinski definition) is 1. The van der Waals surface area contributed by atoms with Crippen molar-refractivity contribution in [1.29, 1.82) is 0 Å². The van der Waals surface area contributed by atoms with Gasteiger partial charge in [-0.2, -0.15) is 0 Å². The van der Waals surface area contributed by atoms with Crippen molar-refractivity contribution in [1.82, 2.24) is 0 Å². The molecule has 0 saturated carbocycles. The molecule has 0 amide bonds. The normalized spacial score (nSPS) is 11.3. The maximum atomic E-state index is 2.44. The van der Waals surface area contributed by atoms with Gasteiger partial charge in [-0.15, -0.1) is 0 Å². The Bertz CT molecular complexity index is 2960. The van der Waals surface area contributed by atoms with Gasteiger partial charge in [0.1, 0.15) is 0 Å². The van der Waals surface area contributed by atoms with Gasteiger partial charge >= 0.3 is 0 Å². The zero-order chi connectivity index (χ0) is 36.6. The van der Waals surface area contributed by atoms with Gasteiger partial charge in [-0.3, -0.25) is 0 Å². The van der Waals surface area contributed by atoms with Gasteiger partial charge in [0.05, 0.1) is 5.69 Å². The molecular formula is C54H37N. The largest absolute Gasteiger partial charge is 0.310 e. The van der Waals surface area contributed by atoms with Crippen LogP contribution in [0.4, 0.5) is 17.1 Å². The highest BCUT2D eigenvalue weighted by Gasteiger charge is 2.20. The van der Waals surface area contributed by atoms with Crippen molar-refractivity contribution in [3.05, 3.63) is 224 Å². The molecule has 0 aliphatic heterocycles. The smallest absolute Gasteiger partial charge is 0.0546 e. The van der Waals surface area contributed by atoms with Crippen LogP contribution in [0.2, 0.25) is 0 Å². The predicted molar refractivity (Wildman–Crippen MR) is 235 cm³/mol. The lowest BCUT2D eigenvalue weighted by atomic mass is 9.93. The average Bonchev–Trinajstić information content (AvgIpc) is 3.27. The van der Waals surface area contributed by atoms with Gasteiger partial charge in [0.25, 0.3) is 0 Å². The van der Waals surface area contributed by atoms with E-state index in [0.717, 1.165) is 17.1 Å². The molecule has 0 heterocycles. The molecule has 0 unspecified atom stereocenters. The Morgan fingerprint density at radius 1 is 0.236 bits per heavy atom.